The first kappa shape index (κ1) is 11.4. The molecule has 0 heterocycles. The molecule has 12 heavy (non-hydrogen) atoms. The van der Waals surface area contributed by atoms with Crippen molar-refractivity contribution in [1.82, 2.24) is 5.48 Å². The molecule has 1 N–H and O–H groups in total. The number of nitrogens with one attached hydrogen (secondary N) is 1. The first-order chi connectivity index (χ1) is 5.61. The lowest BCUT2D eigenvalue weighted by Gasteiger charge is -2.13. The van der Waals surface area contributed by atoms with E-state index in [4.69, 9.17) is 4.84 Å². The Labute approximate surface area is 74.4 Å². The predicted molar refractivity (Wildman–Crippen MR) is 48.4 cm³/mol. The highest BCUT2D eigenvalue weighted by molar-refractivity contribution is 5.71. The minimum atomic E-state index is -0.169. The van der Waals surface area contributed by atoms with Crippen molar-refractivity contribution in [2.75, 3.05) is 0 Å². The molecule has 0 aliphatic heterocycles. The Balaban J connectivity index is 3.56. The van der Waals surface area contributed by atoms with E-state index in [9.17, 15) is 4.79 Å². The summed E-state index contributed by atoms with van der Waals surface area (Å²) in [4.78, 5) is 16.0. The highest BCUT2D eigenvalue weighted by atomic mass is 16.7. The van der Waals surface area contributed by atoms with Crippen molar-refractivity contribution in [3.05, 3.63) is 0 Å². The third-order valence-electron chi connectivity index (χ3n) is 1.99. The van der Waals surface area contributed by atoms with Crippen molar-refractivity contribution in [3.8, 4) is 0 Å². The quantitative estimate of drug-likeness (QED) is 0.645. The van der Waals surface area contributed by atoms with Crippen LogP contribution in [0.3, 0.4) is 0 Å². The lowest BCUT2D eigenvalue weighted by Crippen LogP contribution is -2.30. The van der Waals surface area contributed by atoms with Crippen LogP contribution in [0.4, 0.5) is 0 Å². The van der Waals surface area contributed by atoms with E-state index in [0.29, 0.717) is 0 Å². The van der Waals surface area contributed by atoms with Gasteiger partial charge in [-0.15, -0.1) is 0 Å². The Morgan fingerprint density at radius 3 is 2.33 bits per heavy atom. The van der Waals surface area contributed by atoms with Gasteiger partial charge in [-0.25, -0.2) is 0 Å². The van der Waals surface area contributed by atoms with Crippen molar-refractivity contribution < 1.29 is 9.63 Å². The van der Waals surface area contributed by atoms with Gasteiger partial charge in [0.15, 0.2) is 0 Å². The summed E-state index contributed by atoms with van der Waals surface area (Å²) in [6, 6.07) is 0.234. The van der Waals surface area contributed by atoms with Gasteiger partial charge in [0, 0.05) is 6.04 Å². The van der Waals surface area contributed by atoms with Crippen LogP contribution >= 0.6 is 0 Å². The minimum absolute atomic E-state index is 0.0124. The Morgan fingerprint density at radius 1 is 1.33 bits per heavy atom. The molecule has 0 aromatic carbocycles. The second-order valence-electron chi connectivity index (χ2n) is 3.16. The molecule has 3 heteroatoms. The SMILES string of the molecule is CCC(C)NOC(=O)C(C)CC. The standard InChI is InChI=1S/C9H19NO2/c1-5-7(3)9(11)12-10-8(4)6-2/h7-8,10H,5-6H2,1-4H3. The van der Waals surface area contributed by atoms with Crippen LogP contribution in [-0.2, 0) is 9.63 Å². The summed E-state index contributed by atoms with van der Waals surface area (Å²) in [6.07, 6.45) is 1.77. The first-order valence-electron chi connectivity index (χ1n) is 4.58. The van der Waals surface area contributed by atoms with E-state index in [1.165, 1.54) is 0 Å². The van der Waals surface area contributed by atoms with Crippen molar-refractivity contribution in [3.63, 3.8) is 0 Å². The molecular formula is C9H19NO2. The van der Waals surface area contributed by atoms with Gasteiger partial charge in [-0.1, -0.05) is 20.8 Å². The average Bonchev–Trinajstić information content (AvgIpc) is 2.11. The zero-order valence-corrected chi connectivity index (χ0v) is 8.39. The maximum absolute atomic E-state index is 11.1. The number of hydroxylamine groups is 1. The Morgan fingerprint density at radius 2 is 1.92 bits per heavy atom. The molecule has 0 rings (SSSR count). The summed E-state index contributed by atoms with van der Waals surface area (Å²) >= 11 is 0. The van der Waals surface area contributed by atoms with Crippen LogP contribution in [0.2, 0.25) is 0 Å². The summed E-state index contributed by atoms with van der Waals surface area (Å²) in [5.74, 6) is -0.181. The van der Waals surface area contributed by atoms with Crippen LogP contribution < -0.4 is 5.48 Å². The Bertz CT molecular complexity index is 136. The van der Waals surface area contributed by atoms with E-state index >= 15 is 0 Å². The molecule has 0 aliphatic carbocycles. The highest BCUT2D eigenvalue weighted by Crippen LogP contribution is 2.02. The predicted octanol–water partition coefficient (Wildman–Crippen LogP) is 1.88. The van der Waals surface area contributed by atoms with Gasteiger partial charge in [-0.05, 0) is 19.8 Å². The average molecular weight is 173 g/mol. The topological polar surface area (TPSA) is 38.3 Å². The molecule has 72 valence electrons. The summed E-state index contributed by atoms with van der Waals surface area (Å²) in [6.45, 7) is 7.84. The molecule has 0 aliphatic rings. The van der Waals surface area contributed by atoms with Gasteiger partial charge >= 0.3 is 5.97 Å². The number of hydrogen-bond donors (Lipinski definition) is 1. The second-order valence-corrected chi connectivity index (χ2v) is 3.16. The van der Waals surface area contributed by atoms with Crippen molar-refractivity contribution in [2.24, 2.45) is 5.92 Å². The molecule has 0 radical (unpaired) electrons. The van der Waals surface area contributed by atoms with Gasteiger partial charge in [0.1, 0.15) is 0 Å². The van der Waals surface area contributed by atoms with Gasteiger partial charge in [0.25, 0.3) is 0 Å². The van der Waals surface area contributed by atoms with Crippen molar-refractivity contribution in [2.45, 2.75) is 46.6 Å². The number of carbonyl (C=O) groups excluding carboxylic acids is 1. The molecule has 0 bridgehead atoms. The highest BCUT2D eigenvalue weighted by Gasteiger charge is 2.12. The number of hydrogen-bond acceptors (Lipinski definition) is 3. The van der Waals surface area contributed by atoms with Crippen molar-refractivity contribution in [1.29, 1.82) is 0 Å². The summed E-state index contributed by atoms with van der Waals surface area (Å²) in [5.41, 5.74) is 2.70. The molecule has 2 atom stereocenters. The molecule has 0 aromatic rings. The molecule has 0 amide bonds. The monoisotopic (exact) mass is 173 g/mol. The normalized spacial score (nSPS) is 15.3. The van der Waals surface area contributed by atoms with Crippen molar-refractivity contribution >= 4 is 5.97 Å². The fourth-order valence-electron chi connectivity index (χ4n) is 0.509. The van der Waals surface area contributed by atoms with Crippen LogP contribution in [-0.4, -0.2) is 12.0 Å². The lowest BCUT2D eigenvalue weighted by atomic mass is 10.1. The number of rotatable bonds is 5. The zero-order valence-electron chi connectivity index (χ0n) is 8.39. The molecule has 0 saturated heterocycles. The summed E-state index contributed by atoms with van der Waals surface area (Å²) in [5, 5.41) is 0. The van der Waals surface area contributed by atoms with Crippen LogP contribution in [0.5, 0.6) is 0 Å². The van der Waals surface area contributed by atoms with Gasteiger partial charge in [-0.2, -0.15) is 5.48 Å². The van der Waals surface area contributed by atoms with E-state index in [1.807, 2.05) is 27.7 Å². The van der Waals surface area contributed by atoms with Crippen LogP contribution in [0.15, 0.2) is 0 Å². The zero-order chi connectivity index (χ0) is 9.56. The molecule has 2 unspecified atom stereocenters. The minimum Gasteiger partial charge on any atom is -0.370 e. The first-order valence-corrected chi connectivity index (χ1v) is 4.58. The molecule has 0 spiro atoms. The summed E-state index contributed by atoms with van der Waals surface area (Å²) < 4.78 is 0. The second kappa shape index (κ2) is 6.00. The maximum Gasteiger partial charge on any atom is 0.327 e. The Hall–Kier alpha value is -0.570. The summed E-state index contributed by atoms with van der Waals surface area (Å²) in [7, 11) is 0. The lowest BCUT2D eigenvalue weighted by molar-refractivity contribution is -0.157. The van der Waals surface area contributed by atoms with Crippen LogP contribution in [0, 0.1) is 5.92 Å². The van der Waals surface area contributed by atoms with Crippen LogP contribution in [0.25, 0.3) is 0 Å². The molecule has 0 aromatic heterocycles. The van der Waals surface area contributed by atoms with Gasteiger partial charge < -0.3 is 4.84 Å². The van der Waals surface area contributed by atoms with Gasteiger partial charge in [0.2, 0.25) is 0 Å². The fraction of sp³-hybridized carbons (Fsp3) is 0.889. The van der Waals surface area contributed by atoms with Crippen LogP contribution in [0.1, 0.15) is 40.5 Å². The Kier molecular flexibility index (Phi) is 5.72. The molecule has 0 fully saturated rings. The molecular weight excluding hydrogens is 154 g/mol. The maximum atomic E-state index is 11.1. The van der Waals surface area contributed by atoms with Gasteiger partial charge in [-0.3, -0.25) is 4.79 Å². The smallest absolute Gasteiger partial charge is 0.327 e. The third-order valence-corrected chi connectivity index (χ3v) is 1.99. The molecule has 0 saturated carbocycles. The fourth-order valence-corrected chi connectivity index (χ4v) is 0.509. The van der Waals surface area contributed by atoms with E-state index in [2.05, 4.69) is 5.48 Å². The largest absolute Gasteiger partial charge is 0.370 e. The third kappa shape index (κ3) is 4.34. The van der Waals surface area contributed by atoms with E-state index < -0.39 is 0 Å². The van der Waals surface area contributed by atoms with E-state index in [-0.39, 0.29) is 17.9 Å². The molecule has 3 nitrogen and oxygen atoms in total. The van der Waals surface area contributed by atoms with E-state index in [1.54, 1.807) is 0 Å². The number of carbonyl (C=O) groups is 1. The van der Waals surface area contributed by atoms with E-state index in [0.717, 1.165) is 12.8 Å². The van der Waals surface area contributed by atoms with Gasteiger partial charge in [0.05, 0.1) is 5.92 Å².